The lowest BCUT2D eigenvalue weighted by Crippen LogP contribution is -2.31. The number of amides is 1. The first kappa shape index (κ1) is 35.5. The van der Waals surface area contributed by atoms with E-state index in [9.17, 15) is 13.2 Å². The van der Waals surface area contributed by atoms with E-state index in [0.29, 0.717) is 55.4 Å². The third-order valence-corrected chi connectivity index (χ3v) is 10.0. The lowest BCUT2D eigenvalue weighted by molar-refractivity contribution is 0.0980. The Morgan fingerprint density at radius 1 is 0.745 bits per heavy atom. The van der Waals surface area contributed by atoms with Gasteiger partial charge in [-0.2, -0.15) is 0 Å². The molecule has 260 valence electrons. The Balaban J connectivity index is 1.08. The molecule has 0 bridgehead atoms. The van der Waals surface area contributed by atoms with Crippen molar-refractivity contribution in [1.29, 1.82) is 0 Å². The second kappa shape index (κ2) is 17.0. The first-order valence-electron chi connectivity index (χ1n) is 16.7. The minimum atomic E-state index is -4.12. The van der Waals surface area contributed by atoms with Crippen LogP contribution in [0.5, 0.6) is 0 Å². The Labute approximate surface area is 304 Å². The van der Waals surface area contributed by atoms with Crippen LogP contribution in [0.4, 0.5) is 11.4 Å². The van der Waals surface area contributed by atoms with Crippen molar-refractivity contribution < 1.29 is 17.9 Å². The lowest BCUT2D eigenvalue weighted by Gasteiger charge is -2.15. The molecule has 5 aromatic carbocycles. The topological polar surface area (TPSA) is 109 Å². The van der Waals surface area contributed by atoms with Gasteiger partial charge in [0.15, 0.2) is 0 Å². The molecule has 0 aromatic heterocycles. The van der Waals surface area contributed by atoms with Gasteiger partial charge >= 0.3 is 0 Å². The molecule has 4 N–H and O–H groups in total. The van der Waals surface area contributed by atoms with Crippen LogP contribution in [0, 0.1) is 0 Å². The first-order valence-corrected chi connectivity index (χ1v) is 18.5. The largest absolute Gasteiger partial charge is 0.497 e. The Kier molecular flexibility index (Phi) is 11.9. The predicted molar refractivity (Wildman–Crippen MR) is 206 cm³/mol. The van der Waals surface area contributed by atoms with E-state index in [1.54, 1.807) is 30.5 Å². The number of halogens is 1. The summed E-state index contributed by atoms with van der Waals surface area (Å²) in [5.41, 5.74) is 8.11. The number of ether oxygens (including phenoxy) is 1. The molecule has 0 unspecified atom stereocenters. The molecule has 1 aliphatic heterocycles. The average molecular weight is 719 g/mol. The maximum absolute atomic E-state index is 13.5. The molecule has 1 heterocycles. The number of carbonyl (C=O) groups is 1. The van der Waals surface area contributed by atoms with Crippen LogP contribution in [0.3, 0.4) is 0 Å². The van der Waals surface area contributed by atoms with Crippen LogP contribution >= 0.6 is 11.6 Å². The van der Waals surface area contributed by atoms with Crippen molar-refractivity contribution in [1.82, 2.24) is 10.0 Å². The van der Waals surface area contributed by atoms with Gasteiger partial charge in [0.25, 0.3) is 15.9 Å². The number of benzene rings is 5. The smallest absolute Gasteiger partial charge is 0.265 e. The molecule has 0 atom stereocenters. The normalized spacial score (nSPS) is 12.5. The molecule has 6 rings (SSSR count). The van der Waals surface area contributed by atoms with Crippen molar-refractivity contribution in [2.75, 3.05) is 36.9 Å². The van der Waals surface area contributed by atoms with E-state index in [1.165, 1.54) is 17.7 Å². The van der Waals surface area contributed by atoms with Crippen LogP contribution in [-0.2, 0) is 27.7 Å². The van der Waals surface area contributed by atoms with Gasteiger partial charge in [-0.25, -0.2) is 13.1 Å². The summed E-state index contributed by atoms with van der Waals surface area (Å²) in [6.45, 7) is 3.13. The summed E-state index contributed by atoms with van der Waals surface area (Å²) in [6, 6.07) is 37.6. The Morgan fingerprint density at radius 3 is 2.25 bits per heavy atom. The van der Waals surface area contributed by atoms with Gasteiger partial charge in [0.2, 0.25) is 0 Å². The van der Waals surface area contributed by atoms with E-state index in [-0.39, 0.29) is 4.90 Å². The van der Waals surface area contributed by atoms with E-state index >= 15 is 0 Å². The number of sulfonamides is 1. The Bertz CT molecular complexity index is 2120. The van der Waals surface area contributed by atoms with Crippen molar-refractivity contribution in [2.24, 2.45) is 0 Å². The fourth-order valence-corrected chi connectivity index (χ4v) is 6.82. The van der Waals surface area contributed by atoms with Gasteiger partial charge in [-0.3, -0.25) is 4.79 Å². The summed E-state index contributed by atoms with van der Waals surface area (Å²) in [7, 11) is -4.12. The van der Waals surface area contributed by atoms with E-state index < -0.39 is 15.9 Å². The number of hydrogen-bond acceptors (Lipinski definition) is 7. The molecule has 0 saturated heterocycles. The number of anilines is 2. The predicted octanol–water partition coefficient (Wildman–Crippen LogP) is 7.80. The summed E-state index contributed by atoms with van der Waals surface area (Å²) in [5.74, 6) is -0.686. The van der Waals surface area contributed by atoms with Crippen LogP contribution in [0.25, 0.3) is 11.1 Å². The van der Waals surface area contributed by atoms with Gasteiger partial charge in [-0.15, -0.1) is 0 Å². The monoisotopic (exact) mass is 718 g/mol. The SMILES string of the molecule is O=C(NS(=O)(=O)c1ccc(NCC2=CCOC=C2)cc1)c1ccc(NCCNCc2ccccc2-c2ccc(Cl)cc2)cc1Cc1ccccc1. The highest BCUT2D eigenvalue weighted by Crippen LogP contribution is 2.25. The standard InChI is InChI=1S/C41H39ClN4O4S/c42-35-12-10-32(11-13-35)39-9-5-4-8-33(39)29-43-22-23-44-37-16-19-40(34(27-37)26-30-6-2-1-3-7-30)41(47)46-51(48,49)38-17-14-36(15-18-38)45-28-31-20-24-50-25-21-31/h1-21,24,27,43-45H,22-23,25-26,28-29H2,(H,46,47). The van der Waals surface area contributed by atoms with Crippen LogP contribution in [0.1, 0.15) is 27.0 Å². The molecule has 1 aliphatic rings. The van der Waals surface area contributed by atoms with Crippen molar-refractivity contribution in [3.63, 3.8) is 0 Å². The highest BCUT2D eigenvalue weighted by Gasteiger charge is 2.21. The lowest BCUT2D eigenvalue weighted by atomic mass is 9.98. The second-order valence-corrected chi connectivity index (χ2v) is 14.1. The van der Waals surface area contributed by atoms with Gasteiger partial charge in [-0.05, 0) is 107 Å². The van der Waals surface area contributed by atoms with Crippen molar-refractivity contribution in [3.8, 4) is 11.1 Å². The molecule has 1 amide bonds. The van der Waals surface area contributed by atoms with Gasteiger partial charge in [0, 0.05) is 48.1 Å². The fraction of sp³-hybridized carbons (Fsp3) is 0.146. The molecule has 0 radical (unpaired) electrons. The van der Waals surface area contributed by atoms with Crippen molar-refractivity contribution >= 4 is 38.9 Å². The van der Waals surface area contributed by atoms with Crippen LogP contribution in [0.15, 0.2) is 150 Å². The van der Waals surface area contributed by atoms with Crippen LogP contribution in [0.2, 0.25) is 5.02 Å². The van der Waals surface area contributed by atoms with Crippen molar-refractivity contribution in [3.05, 3.63) is 173 Å². The van der Waals surface area contributed by atoms with Crippen LogP contribution < -0.4 is 20.7 Å². The number of carbonyl (C=O) groups excluding carboxylic acids is 1. The zero-order valence-corrected chi connectivity index (χ0v) is 29.5. The third-order valence-electron chi connectivity index (χ3n) is 8.41. The fourth-order valence-electron chi connectivity index (χ4n) is 5.73. The molecule has 0 fully saturated rings. The zero-order valence-electron chi connectivity index (χ0n) is 27.9. The Hall–Kier alpha value is -5.35. The van der Waals surface area contributed by atoms with E-state index in [2.05, 4.69) is 32.8 Å². The van der Waals surface area contributed by atoms with Crippen molar-refractivity contribution in [2.45, 2.75) is 17.9 Å². The van der Waals surface area contributed by atoms with Gasteiger partial charge in [0.1, 0.15) is 6.61 Å². The number of nitrogens with one attached hydrogen (secondary N) is 4. The maximum Gasteiger partial charge on any atom is 0.265 e. The molecule has 0 spiro atoms. The van der Waals surface area contributed by atoms with Gasteiger partial charge in [-0.1, -0.05) is 78.3 Å². The quantitative estimate of drug-likeness (QED) is 0.0819. The maximum atomic E-state index is 13.5. The molecule has 0 saturated carbocycles. The molecule has 10 heteroatoms. The minimum Gasteiger partial charge on any atom is -0.497 e. The molecule has 51 heavy (non-hydrogen) atoms. The number of hydrogen-bond donors (Lipinski definition) is 4. The third kappa shape index (κ3) is 9.88. The summed E-state index contributed by atoms with van der Waals surface area (Å²) >= 11 is 6.09. The molecule has 8 nitrogen and oxygen atoms in total. The molecular weight excluding hydrogens is 680 g/mol. The molecule has 5 aromatic rings. The van der Waals surface area contributed by atoms with E-state index in [0.717, 1.165) is 33.6 Å². The zero-order chi connectivity index (χ0) is 35.5. The van der Waals surface area contributed by atoms with Gasteiger partial charge < -0.3 is 20.7 Å². The molecule has 0 aliphatic carbocycles. The van der Waals surface area contributed by atoms with Crippen LogP contribution in [-0.4, -0.2) is 40.6 Å². The Morgan fingerprint density at radius 2 is 1.49 bits per heavy atom. The van der Waals surface area contributed by atoms with E-state index in [1.807, 2.05) is 84.9 Å². The summed E-state index contributed by atoms with van der Waals surface area (Å²) < 4.78 is 34.0. The molecular formula is C41H39ClN4O4S. The first-order chi connectivity index (χ1) is 24.8. The summed E-state index contributed by atoms with van der Waals surface area (Å²) in [5, 5.41) is 10.9. The second-order valence-electron chi connectivity index (χ2n) is 12.0. The summed E-state index contributed by atoms with van der Waals surface area (Å²) in [6.07, 6.45) is 5.95. The number of rotatable bonds is 15. The minimum absolute atomic E-state index is 0.00207. The average Bonchev–Trinajstić information content (AvgIpc) is 3.15. The van der Waals surface area contributed by atoms with E-state index in [4.69, 9.17) is 16.3 Å². The van der Waals surface area contributed by atoms with Gasteiger partial charge in [0.05, 0.1) is 11.2 Å². The highest BCUT2D eigenvalue weighted by molar-refractivity contribution is 7.90. The summed E-state index contributed by atoms with van der Waals surface area (Å²) in [4.78, 5) is 13.5. The highest BCUT2D eigenvalue weighted by atomic mass is 35.5.